The number of hydrogen-bond acceptors (Lipinski definition) is 30. The maximum atomic E-state index is 13.3. The standard InChI is InChI=1S/C32H33N3O6S2.C32H36N2O7S.C32H42N2O5S2/c1-32(2,35-17-19-40-20-18-35)30(38)24-10-14-26(15-11-24)43-25-12-8-23(9-13-25)29(37)27(6-3-4-16-33-22-36)34-41-31(39)28-7-5-21-42-28;1-4-5-18-39-22-27(33-41-31(37)28-7-6-19-40-28)29(35)23-8-12-25(13-9-23)42-26-14-10-24(11-15-26)30(36)32(2,3)34-16-20-38-21-17-34;1-4-5-6-7-10-29(35)39-33-28(9-8-23-40)30(36)24-11-15-26(16-12-24)41-27-17-13-25(14-18-27)31(37)32(2,3)34-19-21-38-22-20-34/h5,7-15,21H,3-4,6,16-20H2,1-2H3;6-15,19H,4-5,16-18,20-22H2,1-3H3;11-18,40H,4-10,19-23H2,1-3H3/b34-27+;33-27+;33-28+. The molecule has 0 N–H and O–H groups in total. The number of ether oxygens (including phenoxy) is 4. The summed E-state index contributed by atoms with van der Waals surface area (Å²) in [5, 5.41) is 13.4. The summed E-state index contributed by atoms with van der Waals surface area (Å²) in [7, 11) is 0. The van der Waals surface area contributed by atoms with E-state index in [2.05, 4.69) is 54.7 Å². The fraction of sp³-hybridized carbons (Fsp3) is 0.406. The Morgan fingerprint density at radius 1 is 0.429 bits per heavy atom. The lowest BCUT2D eigenvalue weighted by Crippen LogP contribution is -2.54. The number of thiophene rings is 1. The van der Waals surface area contributed by atoms with Crippen LogP contribution in [0.3, 0.4) is 0 Å². The van der Waals surface area contributed by atoms with Crippen molar-refractivity contribution in [1.29, 1.82) is 0 Å². The number of hydrogen-bond donors (Lipinski definition) is 1. The molecule has 0 saturated carbocycles. The summed E-state index contributed by atoms with van der Waals surface area (Å²) < 4.78 is 26.9. The minimum absolute atomic E-state index is 0.0166. The van der Waals surface area contributed by atoms with Crippen molar-refractivity contribution < 1.29 is 85.8 Å². The molecular weight excluding hydrogens is 1700 g/mol. The topological polar surface area (TPSA) is 308 Å². The van der Waals surface area contributed by atoms with Crippen molar-refractivity contribution in [3.05, 3.63) is 226 Å². The van der Waals surface area contributed by atoms with Crippen LogP contribution in [0.5, 0.6) is 0 Å². The monoisotopic (exact) mass is 1810 g/mol. The largest absolute Gasteiger partial charge is 0.457 e. The van der Waals surface area contributed by atoms with Gasteiger partial charge in [0.15, 0.2) is 23.1 Å². The van der Waals surface area contributed by atoms with Crippen LogP contribution >= 0.6 is 59.3 Å². The first kappa shape index (κ1) is 100. The van der Waals surface area contributed by atoms with Gasteiger partial charge in [-0.1, -0.05) is 133 Å². The molecular formula is C96H111N7O18S5. The zero-order valence-corrected chi connectivity index (χ0v) is 76.8. The summed E-state index contributed by atoms with van der Waals surface area (Å²) in [5.41, 5.74) is 1.78. The Morgan fingerprint density at radius 3 is 1.17 bits per heavy atom. The van der Waals surface area contributed by atoms with Gasteiger partial charge >= 0.3 is 17.9 Å². The zero-order valence-electron chi connectivity index (χ0n) is 72.7. The first-order valence-electron chi connectivity index (χ1n) is 42.4. The molecule has 2 aromatic heterocycles. The molecule has 25 nitrogen and oxygen atoms in total. The molecule has 3 saturated heterocycles. The minimum Gasteiger partial charge on any atom is -0.457 e. The molecule has 126 heavy (non-hydrogen) atoms. The molecule has 11 rings (SSSR count). The van der Waals surface area contributed by atoms with Gasteiger partial charge in [0.2, 0.25) is 29.2 Å². The van der Waals surface area contributed by atoms with E-state index in [0.717, 1.165) is 107 Å². The first-order chi connectivity index (χ1) is 60.8. The Labute approximate surface area is 759 Å². The smallest absolute Gasteiger partial charge is 0.400 e. The summed E-state index contributed by atoms with van der Waals surface area (Å²) in [6.45, 7) is 24.9. The van der Waals surface area contributed by atoms with Crippen molar-refractivity contribution in [3.63, 3.8) is 0 Å². The van der Waals surface area contributed by atoms with E-state index in [-0.39, 0.29) is 64.8 Å². The molecule has 0 amide bonds. The van der Waals surface area contributed by atoms with Crippen LogP contribution in [0.2, 0.25) is 0 Å². The lowest BCUT2D eigenvalue weighted by Gasteiger charge is -2.39. The van der Waals surface area contributed by atoms with Crippen molar-refractivity contribution in [2.45, 2.75) is 178 Å². The number of rotatable bonds is 44. The van der Waals surface area contributed by atoms with Crippen molar-refractivity contribution >= 4 is 135 Å². The number of morpholine rings is 3. The summed E-state index contributed by atoms with van der Waals surface area (Å²) >= 11 is 10.1. The van der Waals surface area contributed by atoms with Gasteiger partial charge < -0.3 is 37.9 Å². The molecule has 30 heteroatoms. The Kier molecular flexibility index (Phi) is 41.2. The summed E-state index contributed by atoms with van der Waals surface area (Å²) in [6.07, 6.45) is 11.2. The third kappa shape index (κ3) is 30.8. The number of nitrogens with zero attached hydrogens (tertiary/aromatic N) is 7. The van der Waals surface area contributed by atoms with E-state index in [0.29, 0.717) is 129 Å². The molecule has 0 atom stereocenters. The fourth-order valence-corrected chi connectivity index (χ4v) is 16.7. The molecule has 0 spiro atoms. The van der Waals surface area contributed by atoms with Gasteiger partial charge in [0, 0.05) is 115 Å². The second-order valence-corrected chi connectivity index (χ2v) is 36.0. The number of benzene rings is 6. The molecule has 0 bridgehead atoms. The number of unbranched alkanes of at least 4 members (excludes halogenated alkanes) is 5. The first-order valence-corrected chi connectivity index (χ1v) is 46.3. The second kappa shape index (κ2) is 51.9. The van der Waals surface area contributed by atoms with Crippen LogP contribution < -0.4 is 0 Å². The van der Waals surface area contributed by atoms with E-state index < -0.39 is 40.3 Å². The molecule has 6 aromatic carbocycles. The van der Waals surface area contributed by atoms with Gasteiger partial charge in [-0.05, 0) is 225 Å². The molecule has 3 fully saturated rings. The lowest BCUT2D eigenvalue weighted by molar-refractivity contribution is -0.143. The van der Waals surface area contributed by atoms with Crippen LogP contribution in [0.4, 0.5) is 0 Å². The molecule has 8 aromatic rings. The maximum absolute atomic E-state index is 13.3. The quantitative estimate of drug-likeness (QED) is 0.00705. The van der Waals surface area contributed by atoms with Crippen LogP contribution in [-0.4, -0.2) is 212 Å². The molecule has 0 unspecified atom stereocenters. The van der Waals surface area contributed by atoms with Gasteiger partial charge in [-0.15, -0.1) is 11.3 Å². The van der Waals surface area contributed by atoms with Crippen molar-refractivity contribution in [2.24, 2.45) is 20.5 Å². The zero-order chi connectivity index (χ0) is 90.3. The predicted octanol–water partition coefficient (Wildman–Crippen LogP) is 18.9. The SMILES string of the molecule is CC(C)(C(=O)c1ccc(Sc2ccc(C(=O)/C(CCCCN=C=O)=N/OC(=O)c3cccs3)cc2)cc1)N1CCOCC1.CCCCCCC(=O)O/N=C(\CCCS)C(=O)c1ccc(Sc2ccc(C(=O)C(C)(C)N3CCOCC3)cc2)cc1.CCCCOC/C(=N\OC(=O)c1ccco1)C(=O)c1ccc(Sc2ccc(C(=O)C(C)(C)N3CCOCC3)cc2)cc1. The second-order valence-electron chi connectivity index (χ2n) is 31.2. The van der Waals surface area contributed by atoms with E-state index in [1.807, 2.05) is 158 Å². The normalized spacial score (nSPS) is 14.4. The van der Waals surface area contributed by atoms with Crippen molar-refractivity contribution in [3.8, 4) is 0 Å². The van der Waals surface area contributed by atoms with Crippen LogP contribution in [0, 0.1) is 0 Å². The van der Waals surface area contributed by atoms with Crippen LogP contribution in [0.1, 0.15) is 215 Å². The highest BCUT2D eigenvalue weighted by Gasteiger charge is 2.39. The number of ketones is 6. The number of furan rings is 1. The number of oxime groups is 3. The average Bonchev–Trinajstić information content (AvgIpc) is 0.938. The molecule has 668 valence electrons. The number of carbonyl (C=O) groups excluding carboxylic acids is 10. The van der Waals surface area contributed by atoms with Gasteiger partial charge in [0.05, 0.1) is 75.7 Å². The van der Waals surface area contributed by atoms with E-state index in [1.54, 1.807) is 71.7 Å². The molecule has 3 aliphatic rings. The number of carbonyl (C=O) groups is 9. The highest BCUT2D eigenvalue weighted by molar-refractivity contribution is 7.99. The number of isocyanates is 1. The van der Waals surface area contributed by atoms with Crippen molar-refractivity contribution in [2.75, 3.05) is 104 Å². The third-order valence-electron chi connectivity index (χ3n) is 21.1. The Bertz CT molecular complexity index is 5000. The Hall–Kier alpha value is -9.76. The fourth-order valence-electron chi connectivity index (χ4n) is 13.5. The highest BCUT2D eigenvalue weighted by Crippen LogP contribution is 2.34. The molecule has 3 aliphatic heterocycles. The van der Waals surface area contributed by atoms with Gasteiger partial charge in [-0.3, -0.25) is 43.5 Å². The van der Waals surface area contributed by atoms with Crippen LogP contribution in [-0.2, 0) is 43.0 Å². The highest BCUT2D eigenvalue weighted by atomic mass is 32.2. The van der Waals surface area contributed by atoms with Gasteiger partial charge in [-0.25, -0.2) is 24.2 Å². The minimum atomic E-state index is -0.803. The van der Waals surface area contributed by atoms with E-state index >= 15 is 0 Å². The van der Waals surface area contributed by atoms with E-state index in [4.69, 9.17) is 37.9 Å². The summed E-state index contributed by atoms with van der Waals surface area (Å²) in [5.74, 6) is -2.03. The number of Topliss-reactive ketones (excluding diaryl/α,β-unsaturated/α-hetero) is 6. The lowest BCUT2D eigenvalue weighted by atomic mass is 9.91. The molecule has 0 radical (unpaired) electrons. The van der Waals surface area contributed by atoms with Crippen LogP contribution in [0.25, 0.3) is 0 Å². The van der Waals surface area contributed by atoms with Crippen molar-refractivity contribution in [1.82, 2.24) is 14.7 Å². The van der Waals surface area contributed by atoms with Crippen LogP contribution in [0.15, 0.2) is 236 Å². The Balaban J connectivity index is 0.000000214. The Morgan fingerprint density at radius 2 is 0.802 bits per heavy atom. The third-order valence-corrected chi connectivity index (χ3v) is 25.3. The summed E-state index contributed by atoms with van der Waals surface area (Å²) in [6, 6.07) is 50.6. The predicted molar refractivity (Wildman–Crippen MR) is 493 cm³/mol. The van der Waals surface area contributed by atoms with Gasteiger partial charge in [-0.2, -0.15) is 12.6 Å². The molecule has 5 heterocycles. The van der Waals surface area contributed by atoms with Gasteiger partial charge in [0.25, 0.3) is 0 Å². The maximum Gasteiger partial charge on any atom is 0.400 e. The number of thiol groups is 1. The average molecular weight is 1810 g/mol. The molecule has 0 aliphatic carbocycles. The van der Waals surface area contributed by atoms with E-state index in [9.17, 15) is 47.9 Å². The van der Waals surface area contributed by atoms with E-state index in [1.165, 1.54) is 53.3 Å². The number of aliphatic imine (C=N–C) groups is 1. The van der Waals surface area contributed by atoms with Gasteiger partial charge in [0.1, 0.15) is 16.3 Å². The summed E-state index contributed by atoms with van der Waals surface area (Å²) in [4.78, 5) is 157.